The number of phenolic OH excluding ortho intramolecular Hbond substituents is 1. The molecular weight excluding hydrogens is 372 g/mol. The first kappa shape index (κ1) is 18.0. The molecule has 0 spiro atoms. The molecule has 0 aromatic heterocycles. The Morgan fingerprint density at radius 3 is 2.62 bits per heavy atom. The maximum atomic E-state index is 11.8. The van der Waals surface area contributed by atoms with E-state index < -0.39 is 0 Å². The Labute approximate surface area is 149 Å². The van der Waals surface area contributed by atoms with E-state index in [1.807, 2.05) is 32.0 Å². The molecule has 1 amide bonds. The van der Waals surface area contributed by atoms with E-state index in [1.54, 1.807) is 30.5 Å². The molecule has 2 rings (SSSR count). The molecule has 0 aliphatic carbocycles. The second-order valence-corrected chi connectivity index (χ2v) is 6.35. The lowest BCUT2D eigenvalue weighted by atomic mass is 10.1. The normalized spacial score (nSPS) is 11.0. The van der Waals surface area contributed by atoms with Gasteiger partial charge in [-0.3, -0.25) is 4.79 Å². The maximum absolute atomic E-state index is 11.8. The van der Waals surface area contributed by atoms with Crippen molar-refractivity contribution in [1.29, 1.82) is 0 Å². The van der Waals surface area contributed by atoms with E-state index in [0.717, 1.165) is 21.3 Å². The average molecular weight is 391 g/mol. The van der Waals surface area contributed by atoms with Crippen LogP contribution in [-0.2, 0) is 11.2 Å². The highest BCUT2D eigenvalue weighted by molar-refractivity contribution is 9.10. The zero-order valence-corrected chi connectivity index (χ0v) is 15.1. The number of phenols is 1. The summed E-state index contributed by atoms with van der Waals surface area (Å²) in [5, 5.41) is 13.2. The molecule has 5 nitrogen and oxygen atoms in total. The van der Waals surface area contributed by atoms with Crippen LogP contribution in [0.4, 0.5) is 0 Å². The van der Waals surface area contributed by atoms with Crippen molar-refractivity contribution in [2.24, 2.45) is 5.10 Å². The summed E-state index contributed by atoms with van der Waals surface area (Å²) in [5.41, 5.74) is 4.12. The molecule has 6 heteroatoms. The molecule has 0 unspecified atom stereocenters. The van der Waals surface area contributed by atoms with Crippen molar-refractivity contribution in [2.75, 3.05) is 0 Å². The smallest absolute Gasteiger partial charge is 0.244 e. The van der Waals surface area contributed by atoms with Crippen LogP contribution in [0.2, 0.25) is 0 Å². The Hall–Kier alpha value is -2.34. The van der Waals surface area contributed by atoms with Crippen LogP contribution in [0.25, 0.3) is 0 Å². The van der Waals surface area contributed by atoms with E-state index in [0.29, 0.717) is 0 Å². The highest BCUT2D eigenvalue weighted by atomic mass is 79.9. The van der Waals surface area contributed by atoms with Gasteiger partial charge in [-0.15, -0.1) is 0 Å². The van der Waals surface area contributed by atoms with Gasteiger partial charge in [0.2, 0.25) is 5.91 Å². The van der Waals surface area contributed by atoms with Crippen LogP contribution in [0.3, 0.4) is 0 Å². The zero-order valence-electron chi connectivity index (χ0n) is 13.5. The summed E-state index contributed by atoms with van der Waals surface area (Å²) in [6, 6.07) is 12.1. The predicted octanol–water partition coefficient (Wildman–Crippen LogP) is 3.63. The number of halogens is 1. The number of aromatic hydroxyl groups is 1. The van der Waals surface area contributed by atoms with Crippen molar-refractivity contribution < 1.29 is 14.6 Å². The van der Waals surface area contributed by atoms with E-state index in [1.165, 1.54) is 0 Å². The third-order valence-electron chi connectivity index (χ3n) is 3.02. The molecule has 0 aliphatic rings. The largest absolute Gasteiger partial charge is 0.508 e. The second kappa shape index (κ2) is 8.49. The quantitative estimate of drug-likeness (QED) is 0.584. The van der Waals surface area contributed by atoms with E-state index in [4.69, 9.17) is 4.74 Å². The number of nitrogens with one attached hydrogen (secondary N) is 1. The molecule has 126 valence electrons. The van der Waals surface area contributed by atoms with Gasteiger partial charge in [-0.1, -0.05) is 12.1 Å². The summed E-state index contributed by atoms with van der Waals surface area (Å²) in [7, 11) is 0. The van der Waals surface area contributed by atoms with Gasteiger partial charge in [0, 0.05) is 0 Å². The topological polar surface area (TPSA) is 70.9 Å². The Kier molecular flexibility index (Phi) is 6.37. The van der Waals surface area contributed by atoms with Crippen LogP contribution in [-0.4, -0.2) is 23.3 Å². The van der Waals surface area contributed by atoms with Gasteiger partial charge in [0.1, 0.15) is 11.5 Å². The fourth-order valence-electron chi connectivity index (χ4n) is 1.96. The van der Waals surface area contributed by atoms with Crippen molar-refractivity contribution in [3.63, 3.8) is 0 Å². The van der Waals surface area contributed by atoms with Crippen LogP contribution in [0, 0.1) is 0 Å². The standard InChI is InChI=1S/C18H19BrN2O3/c1-12(2)24-17-8-5-14(9-16(17)19)11-20-21-18(23)10-13-3-6-15(22)7-4-13/h3-9,11-12,22H,10H2,1-2H3,(H,21,23)/b20-11-. The van der Waals surface area contributed by atoms with Crippen molar-refractivity contribution >= 4 is 28.1 Å². The predicted molar refractivity (Wildman–Crippen MR) is 97.5 cm³/mol. The minimum Gasteiger partial charge on any atom is -0.508 e. The molecule has 0 saturated heterocycles. The number of hydrazone groups is 1. The van der Waals surface area contributed by atoms with E-state index in [-0.39, 0.29) is 24.2 Å². The van der Waals surface area contributed by atoms with E-state index in [2.05, 4.69) is 26.5 Å². The number of nitrogens with zero attached hydrogens (tertiary/aromatic N) is 1. The lowest BCUT2D eigenvalue weighted by Crippen LogP contribution is -2.19. The fraction of sp³-hybridized carbons (Fsp3) is 0.222. The molecular formula is C18H19BrN2O3. The molecule has 0 aliphatic heterocycles. The molecule has 0 saturated carbocycles. The number of carbonyl (C=O) groups excluding carboxylic acids is 1. The minimum atomic E-state index is -0.226. The maximum Gasteiger partial charge on any atom is 0.244 e. The highest BCUT2D eigenvalue weighted by Crippen LogP contribution is 2.26. The van der Waals surface area contributed by atoms with Gasteiger partial charge >= 0.3 is 0 Å². The number of rotatable bonds is 6. The number of benzene rings is 2. The third kappa shape index (κ3) is 5.70. The van der Waals surface area contributed by atoms with Gasteiger partial charge in [-0.2, -0.15) is 5.10 Å². The Morgan fingerprint density at radius 1 is 1.29 bits per heavy atom. The van der Waals surface area contributed by atoms with E-state index >= 15 is 0 Å². The summed E-state index contributed by atoms with van der Waals surface area (Å²) in [6.45, 7) is 3.93. The minimum absolute atomic E-state index is 0.0972. The molecule has 2 aromatic rings. The van der Waals surface area contributed by atoms with Gasteiger partial charge in [0.25, 0.3) is 0 Å². The molecule has 0 radical (unpaired) electrons. The third-order valence-corrected chi connectivity index (χ3v) is 3.64. The van der Waals surface area contributed by atoms with Crippen LogP contribution < -0.4 is 10.2 Å². The lowest BCUT2D eigenvalue weighted by molar-refractivity contribution is -0.120. The van der Waals surface area contributed by atoms with Gasteiger partial charge < -0.3 is 9.84 Å². The van der Waals surface area contributed by atoms with Crippen LogP contribution >= 0.6 is 15.9 Å². The molecule has 0 fully saturated rings. The van der Waals surface area contributed by atoms with Crippen molar-refractivity contribution in [3.05, 3.63) is 58.1 Å². The number of amides is 1. The Balaban J connectivity index is 1.90. The van der Waals surface area contributed by atoms with Crippen LogP contribution in [0.5, 0.6) is 11.5 Å². The second-order valence-electron chi connectivity index (χ2n) is 5.49. The van der Waals surface area contributed by atoms with Gasteiger partial charge in [-0.05, 0) is 71.2 Å². The Morgan fingerprint density at radius 2 is 2.00 bits per heavy atom. The molecule has 24 heavy (non-hydrogen) atoms. The first-order chi connectivity index (χ1) is 11.4. The number of carbonyl (C=O) groups is 1. The van der Waals surface area contributed by atoms with Gasteiger partial charge in [0.05, 0.1) is 23.2 Å². The first-order valence-electron chi connectivity index (χ1n) is 7.50. The molecule has 0 heterocycles. The SMILES string of the molecule is CC(C)Oc1ccc(/C=N\NC(=O)Cc2ccc(O)cc2)cc1Br. The average Bonchev–Trinajstić information content (AvgIpc) is 2.52. The number of ether oxygens (including phenoxy) is 1. The van der Waals surface area contributed by atoms with Crippen LogP contribution in [0.15, 0.2) is 52.0 Å². The summed E-state index contributed by atoms with van der Waals surface area (Å²) in [6.07, 6.45) is 1.86. The number of hydrogen-bond acceptors (Lipinski definition) is 4. The first-order valence-corrected chi connectivity index (χ1v) is 8.29. The summed E-state index contributed by atoms with van der Waals surface area (Å²) in [4.78, 5) is 11.8. The highest BCUT2D eigenvalue weighted by Gasteiger charge is 2.04. The molecule has 0 atom stereocenters. The fourth-order valence-corrected chi connectivity index (χ4v) is 2.45. The van der Waals surface area contributed by atoms with Crippen LogP contribution in [0.1, 0.15) is 25.0 Å². The van der Waals surface area contributed by atoms with Crippen molar-refractivity contribution in [3.8, 4) is 11.5 Å². The lowest BCUT2D eigenvalue weighted by Gasteiger charge is -2.11. The summed E-state index contributed by atoms with van der Waals surface area (Å²) >= 11 is 3.45. The van der Waals surface area contributed by atoms with Crippen molar-refractivity contribution in [2.45, 2.75) is 26.4 Å². The Bertz CT molecular complexity index is 728. The molecule has 2 aromatic carbocycles. The number of hydrogen-bond donors (Lipinski definition) is 2. The van der Waals surface area contributed by atoms with Gasteiger partial charge in [0.15, 0.2) is 0 Å². The summed E-state index contributed by atoms with van der Waals surface area (Å²) < 4.78 is 6.47. The zero-order chi connectivity index (χ0) is 17.5. The van der Waals surface area contributed by atoms with E-state index in [9.17, 15) is 9.90 Å². The summed E-state index contributed by atoms with van der Waals surface area (Å²) in [5.74, 6) is 0.710. The van der Waals surface area contributed by atoms with Gasteiger partial charge in [-0.25, -0.2) is 5.43 Å². The molecule has 2 N–H and O–H groups in total. The molecule has 0 bridgehead atoms. The van der Waals surface area contributed by atoms with Crippen molar-refractivity contribution in [1.82, 2.24) is 5.43 Å². The monoisotopic (exact) mass is 390 g/mol.